The number of carbonyl (C=O) groups is 1. The van der Waals surface area contributed by atoms with Crippen molar-refractivity contribution < 1.29 is 9.32 Å². The lowest BCUT2D eigenvalue weighted by Gasteiger charge is -2.20. The largest absolute Gasteiger partial charge is 0.373 e. The van der Waals surface area contributed by atoms with Crippen molar-refractivity contribution in [1.29, 1.82) is 0 Å². The molecule has 0 unspecified atom stereocenters. The predicted octanol–water partition coefficient (Wildman–Crippen LogP) is 2.69. The van der Waals surface area contributed by atoms with E-state index in [1.807, 2.05) is 31.3 Å². The van der Waals surface area contributed by atoms with E-state index in [9.17, 15) is 4.79 Å². The zero-order valence-electron chi connectivity index (χ0n) is 11.3. The molecule has 1 amide bonds. The molecule has 0 atom stereocenters. The summed E-state index contributed by atoms with van der Waals surface area (Å²) in [6, 6.07) is 9.26. The SMILES string of the molecule is CCN(C)c1ccccc1NC(=O)c1cc(C)no1. The zero-order chi connectivity index (χ0) is 13.8. The first-order valence-electron chi connectivity index (χ1n) is 6.16. The number of hydrogen-bond donors (Lipinski definition) is 1. The van der Waals surface area contributed by atoms with Crippen LogP contribution in [0.1, 0.15) is 23.2 Å². The second-order valence-corrected chi connectivity index (χ2v) is 4.32. The molecule has 0 aliphatic rings. The first-order chi connectivity index (χ1) is 9.11. The molecule has 1 N–H and O–H groups in total. The van der Waals surface area contributed by atoms with E-state index in [2.05, 4.69) is 22.3 Å². The van der Waals surface area contributed by atoms with Gasteiger partial charge in [0, 0.05) is 19.7 Å². The monoisotopic (exact) mass is 259 g/mol. The highest BCUT2D eigenvalue weighted by molar-refractivity contribution is 6.04. The third-order valence-corrected chi connectivity index (χ3v) is 2.89. The normalized spacial score (nSPS) is 10.3. The highest BCUT2D eigenvalue weighted by atomic mass is 16.5. The Morgan fingerprint density at radius 2 is 2.16 bits per heavy atom. The Balaban J connectivity index is 2.21. The molecule has 0 radical (unpaired) electrons. The van der Waals surface area contributed by atoms with E-state index in [1.54, 1.807) is 13.0 Å². The zero-order valence-corrected chi connectivity index (χ0v) is 11.3. The van der Waals surface area contributed by atoms with Gasteiger partial charge in [0.2, 0.25) is 5.76 Å². The van der Waals surface area contributed by atoms with Crippen LogP contribution in [0.5, 0.6) is 0 Å². The fourth-order valence-corrected chi connectivity index (χ4v) is 1.74. The van der Waals surface area contributed by atoms with E-state index < -0.39 is 0 Å². The van der Waals surface area contributed by atoms with Gasteiger partial charge >= 0.3 is 0 Å². The summed E-state index contributed by atoms with van der Waals surface area (Å²) in [5.74, 6) is -0.0796. The van der Waals surface area contributed by atoms with Crippen LogP contribution in [-0.2, 0) is 0 Å². The lowest BCUT2D eigenvalue weighted by Crippen LogP contribution is -2.19. The average Bonchev–Trinajstić information content (AvgIpc) is 2.85. The number of nitrogens with one attached hydrogen (secondary N) is 1. The van der Waals surface area contributed by atoms with Crippen molar-refractivity contribution in [2.24, 2.45) is 0 Å². The molecule has 0 aliphatic heterocycles. The summed E-state index contributed by atoms with van der Waals surface area (Å²) in [7, 11) is 1.98. The van der Waals surface area contributed by atoms with Crippen molar-refractivity contribution in [1.82, 2.24) is 5.16 Å². The molecule has 0 bridgehead atoms. The topological polar surface area (TPSA) is 58.4 Å². The first kappa shape index (κ1) is 13.1. The second kappa shape index (κ2) is 5.56. The molecule has 5 heteroatoms. The van der Waals surface area contributed by atoms with Crippen molar-refractivity contribution in [3.05, 3.63) is 41.8 Å². The quantitative estimate of drug-likeness (QED) is 0.917. The van der Waals surface area contributed by atoms with Gasteiger partial charge in [-0.3, -0.25) is 4.79 Å². The Kier molecular flexibility index (Phi) is 3.85. The van der Waals surface area contributed by atoms with Crippen LogP contribution in [0.15, 0.2) is 34.9 Å². The highest BCUT2D eigenvalue weighted by Gasteiger charge is 2.14. The number of nitrogens with zero attached hydrogens (tertiary/aromatic N) is 2. The molecule has 0 saturated heterocycles. The Bertz CT molecular complexity index is 578. The Morgan fingerprint density at radius 1 is 1.42 bits per heavy atom. The summed E-state index contributed by atoms with van der Waals surface area (Å²) < 4.78 is 4.95. The standard InChI is InChI=1S/C14H17N3O2/c1-4-17(3)12-8-6-5-7-11(12)15-14(18)13-9-10(2)16-19-13/h5-9H,4H2,1-3H3,(H,15,18). The van der Waals surface area contributed by atoms with Crippen LogP contribution >= 0.6 is 0 Å². The number of carbonyl (C=O) groups excluding carboxylic acids is 1. The van der Waals surface area contributed by atoms with Crippen LogP contribution in [0.3, 0.4) is 0 Å². The minimum absolute atomic E-state index is 0.214. The molecular formula is C14H17N3O2. The number of rotatable bonds is 4. The minimum atomic E-state index is -0.294. The van der Waals surface area contributed by atoms with Crippen LogP contribution in [0.25, 0.3) is 0 Å². The number of aryl methyl sites for hydroxylation is 1. The number of aromatic nitrogens is 1. The van der Waals surface area contributed by atoms with Crippen molar-refractivity contribution in [2.75, 3.05) is 23.8 Å². The number of anilines is 2. The van der Waals surface area contributed by atoms with Crippen LogP contribution in [0.4, 0.5) is 11.4 Å². The number of amides is 1. The van der Waals surface area contributed by atoms with Crippen LogP contribution in [0.2, 0.25) is 0 Å². The number of para-hydroxylation sites is 2. The molecule has 1 aromatic carbocycles. The smallest absolute Gasteiger partial charge is 0.294 e. The maximum Gasteiger partial charge on any atom is 0.294 e. The van der Waals surface area contributed by atoms with Gasteiger partial charge in [0.05, 0.1) is 17.1 Å². The third-order valence-electron chi connectivity index (χ3n) is 2.89. The maximum absolute atomic E-state index is 12.0. The summed E-state index contributed by atoms with van der Waals surface area (Å²) in [6.07, 6.45) is 0. The van der Waals surface area contributed by atoms with Gasteiger partial charge in [0.1, 0.15) is 0 Å². The van der Waals surface area contributed by atoms with Crippen molar-refractivity contribution >= 4 is 17.3 Å². The van der Waals surface area contributed by atoms with Gasteiger partial charge in [0.25, 0.3) is 5.91 Å². The lowest BCUT2D eigenvalue weighted by atomic mass is 10.2. The van der Waals surface area contributed by atoms with Gasteiger partial charge in [-0.1, -0.05) is 17.3 Å². The van der Waals surface area contributed by atoms with Crippen molar-refractivity contribution in [3.8, 4) is 0 Å². The van der Waals surface area contributed by atoms with Crippen LogP contribution in [-0.4, -0.2) is 24.7 Å². The van der Waals surface area contributed by atoms with Crippen LogP contribution < -0.4 is 10.2 Å². The first-order valence-corrected chi connectivity index (χ1v) is 6.16. The summed E-state index contributed by atoms with van der Waals surface area (Å²) in [4.78, 5) is 14.1. The summed E-state index contributed by atoms with van der Waals surface area (Å²) in [6.45, 7) is 4.69. The summed E-state index contributed by atoms with van der Waals surface area (Å²) in [5.41, 5.74) is 2.41. The molecule has 0 fully saturated rings. The molecule has 5 nitrogen and oxygen atoms in total. The highest BCUT2D eigenvalue weighted by Crippen LogP contribution is 2.24. The van der Waals surface area contributed by atoms with E-state index >= 15 is 0 Å². The Morgan fingerprint density at radius 3 is 2.79 bits per heavy atom. The van der Waals surface area contributed by atoms with Gasteiger partial charge in [0.15, 0.2) is 0 Å². The van der Waals surface area contributed by atoms with E-state index in [-0.39, 0.29) is 11.7 Å². The van der Waals surface area contributed by atoms with Gasteiger partial charge in [-0.05, 0) is 26.0 Å². The molecule has 0 saturated carbocycles. The average molecular weight is 259 g/mol. The Labute approximate surface area is 112 Å². The Hall–Kier alpha value is -2.30. The molecule has 0 aliphatic carbocycles. The predicted molar refractivity (Wildman–Crippen MR) is 74.6 cm³/mol. The molecule has 1 heterocycles. The van der Waals surface area contributed by atoms with Crippen molar-refractivity contribution in [2.45, 2.75) is 13.8 Å². The summed E-state index contributed by atoms with van der Waals surface area (Å²) in [5, 5.41) is 6.55. The molecule has 1 aromatic heterocycles. The van der Waals surface area contributed by atoms with Gasteiger partial charge in [-0.25, -0.2) is 0 Å². The summed E-state index contributed by atoms with van der Waals surface area (Å²) >= 11 is 0. The fourth-order valence-electron chi connectivity index (χ4n) is 1.74. The molecule has 19 heavy (non-hydrogen) atoms. The van der Waals surface area contributed by atoms with Gasteiger partial charge in [-0.15, -0.1) is 0 Å². The molecular weight excluding hydrogens is 242 g/mol. The van der Waals surface area contributed by atoms with Crippen LogP contribution in [0, 0.1) is 6.92 Å². The number of hydrogen-bond acceptors (Lipinski definition) is 4. The van der Waals surface area contributed by atoms with E-state index in [0.29, 0.717) is 5.69 Å². The third kappa shape index (κ3) is 2.93. The second-order valence-electron chi connectivity index (χ2n) is 4.32. The van der Waals surface area contributed by atoms with E-state index in [1.165, 1.54) is 0 Å². The lowest BCUT2D eigenvalue weighted by molar-refractivity contribution is 0.0988. The minimum Gasteiger partial charge on any atom is -0.373 e. The van der Waals surface area contributed by atoms with E-state index in [0.717, 1.165) is 17.9 Å². The fraction of sp³-hybridized carbons (Fsp3) is 0.286. The molecule has 2 rings (SSSR count). The molecule has 0 spiro atoms. The molecule has 100 valence electrons. The van der Waals surface area contributed by atoms with Gasteiger partial charge in [-0.2, -0.15) is 0 Å². The van der Waals surface area contributed by atoms with Gasteiger partial charge < -0.3 is 14.7 Å². The number of benzene rings is 1. The van der Waals surface area contributed by atoms with Crippen molar-refractivity contribution in [3.63, 3.8) is 0 Å². The maximum atomic E-state index is 12.0. The molecule has 2 aromatic rings. The van der Waals surface area contributed by atoms with E-state index in [4.69, 9.17) is 4.52 Å².